The zero-order chi connectivity index (χ0) is 9.68. The number of anilines is 1. The van der Waals surface area contributed by atoms with Gasteiger partial charge in [0.1, 0.15) is 0 Å². The number of hydrogen-bond acceptors (Lipinski definition) is 3. The number of aromatic nitrogens is 2. The first-order chi connectivity index (χ1) is 6.18. The summed E-state index contributed by atoms with van der Waals surface area (Å²) in [6.45, 7) is 4.04. The lowest BCUT2D eigenvalue weighted by Gasteiger charge is -2.11. The maximum absolute atomic E-state index is 5.02. The second-order valence-electron chi connectivity index (χ2n) is 2.84. The van der Waals surface area contributed by atoms with Crippen molar-refractivity contribution in [2.45, 2.75) is 19.9 Å². The Bertz CT molecular complexity index is 273. The third-order valence-corrected chi connectivity index (χ3v) is 1.44. The predicted octanol–water partition coefficient (Wildman–Crippen LogP) is 1.17. The van der Waals surface area contributed by atoms with E-state index in [-0.39, 0.29) is 0 Å². The Labute approximate surface area is 82.8 Å². The van der Waals surface area contributed by atoms with E-state index in [1.54, 1.807) is 18.6 Å². The van der Waals surface area contributed by atoms with Gasteiger partial charge in [0.05, 0.1) is 6.20 Å². The van der Waals surface area contributed by atoms with Gasteiger partial charge in [-0.2, -0.15) is 0 Å². The lowest BCUT2D eigenvalue weighted by atomic mass is 10.4. The zero-order valence-electron chi connectivity index (χ0n) is 7.61. The van der Waals surface area contributed by atoms with Crippen LogP contribution in [-0.4, -0.2) is 21.1 Å². The molecule has 0 saturated carbocycles. The Morgan fingerprint density at radius 2 is 2.23 bits per heavy atom. The molecule has 1 aromatic rings. The Morgan fingerprint density at radius 3 is 2.77 bits per heavy atom. The molecule has 13 heavy (non-hydrogen) atoms. The second-order valence-corrected chi connectivity index (χ2v) is 3.25. The van der Waals surface area contributed by atoms with Crippen molar-refractivity contribution in [3.8, 4) is 0 Å². The van der Waals surface area contributed by atoms with Crippen LogP contribution < -0.4 is 10.6 Å². The van der Waals surface area contributed by atoms with Gasteiger partial charge in [0.15, 0.2) is 10.9 Å². The van der Waals surface area contributed by atoms with Gasteiger partial charge in [-0.25, -0.2) is 4.98 Å². The number of nitrogens with zero attached hydrogens (tertiary/aromatic N) is 2. The molecule has 0 aliphatic heterocycles. The summed E-state index contributed by atoms with van der Waals surface area (Å²) < 4.78 is 0. The summed E-state index contributed by atoms with van der Waals surface area (Å²) in [7, 11) is 0. The van der Waals surface area contributed by atoms with Gasteiger partial charge in [0, 0.05) is 18.4 Å². The van der Waals surface area contributed by atoms with E-state index in [4.69, 9.17) is 12.2 Å². The van der Waals surface area contributed by atoms with Crippen molar-refractivity contribution >= 4 is 23.1 Å². The van der Waals surface area contributed by atoms with Crippen LogP contribution in [0.15, 0.2) is 18.6 Å². The van der Waals surface area contributed by atoms with Crippen LogP contribution in [0.3, 0.4) is 0 Å². The molecule has 4 nitrogen and oxygen atoms in total. The summed E-state index contributed by atoms with van der Waals surface area (Å²) in [6, 6.07) is 0.316. The molecule has 0 saturated heterocycles. The maximum atomic E-state index is 5.02. The molecule has 0 aliphatic carbocycles. The molecule has 0 fully saturated rings. The first-order valence-electron chi connectivity index (χ1n) is 4.02. The van der Waals surface area contributed by atoms with E-state index in [9.17, 15) is 0 Å². The molecule has 1 heterocycles. The van der Waals surface area contributed by atoms with Gasteiger partial charge in [0.25, 0.3) is 0 Å². The average Bonchev–Trinajstić information content (AvgIpc) is 2.04. The first kappa shape index (κ1) is 9.85. The summed E-state index contributed by atoms with van der Waals surface area (Å²) in [5.41, 5.74) is 0. The van der Waals surface area contributed by atoms with E-state index in [2.05, 4.69) is 20.6 Å². The minimum Gasteiger partial charge on any atom is -0.360 e. The topological polar surface area (TPSA) is 49.8 Å². The van der Waals surface area contributed by atoms with E-state index >= 15 is 0 Å². The smallest absolute Gasteiger partial charge is 0.172 e. The highest BCUT2D eigenvalue weighted by Gasteiger charge is 1.98. The highest BCUT2D eigenvalue weighted by molar-refractivity contribution is 7.80. The van der Waals surface area contributed by atoms with Crippen LogP contribution in [0.25, 0.3) is 0 Å². The largest absolute Gasteiger partial charge is 0.360 e. The number of rotatable bonds is 2. The fourth-order valence-corrected chi connectivity index (χ4v) is 1.12. The molecule has 0 aliphatic rings. The molecule has 2 N–H and O–H groups in total. The first-order valence-corrected chi connectivity index (χ1v) is 4.43. The molecule has 70 valence electrons. The summed E-state index contributed by atoms with van der Waals surface area (Å²) in [5.74, 6) is 0.653. The fraction of sp³-hybridized carbons (Fsp3) is 0.375. The van der Waals surface area contributed by atoms with E-state index in [1.165, 1.54) is 0 Å². The summed E-state index contributed by atoms with van der Waals surface area (Å²) in [5, 5.41) is 6.53. The molecular weight excluding hydrogens is 184 g/mol. The van der Waals surface area contributed by atoms with Crippen LogP contribution in [0.4, 0.5) is 5.82 Å². The quantitative estimate of drug-likeness (QED) is 0.695. The zero-order valence-corrected chi connectivity index (χ0v) is 8.43. The Hall–Kier alpha value is -1.23. The monoisotopic (exact) mass is 196 g/mol. The van der Waals surface area contributed by atoms with Gasteiger partial charge in [0.2, 0.25) is 0 Å². The van der Waals surface area contributed by atoms with Gasteiger partial charge in [-0.3, -0.25) is 4.98 Å². The normalized spacial score (nSPS) is 9.77. The lowest BCUT2D eigenvalue weighted by Crippen LogP contribution is -2.34. The average molecular weight is 196 g/mol. The number of nitrogens with one attached hydrogen (secondary N) is 2. The minimum absolute atomic E-state index is 0.316. The Balaban J connectivity index is 2.46. The standard InChI is InChI=1S/C8H12N4S/c1-6(2)11-8(13)12-7-5-9-3-4-10-7/h3-6H,1-2H3,(H2,10,11,12,13). The van der Waals surface area contributed by atoms with Crippen molar-refractivity contribution < 1.29 is 0 Å². The molecule has 0 atom stereocenters. The number of hydrogen-bond donors (Lipinski definition) is 2. The molecular formula is C8H12N4S. The van der Waals surface area contributed by atoms with Gasteiger partial charge in [-0.1, -0.05) is 0 Å². The molecule has 0 unspecified atom stereocenters. The van der Waals surface area contributed by atoms with Crippen LogP contribution in [0.1, 0.15) is 13.8 Å². The molecule has 1 rings (SSSR count). The van der Waals surface area contributed by atoms with Crippen molar-refractivity contribution in [2.24, 2.45) is 0 Å². The number of thiocarbonyl (C=S) groups is 1. The summed E-state index contributed by atoms with van der Waals surface area (Å²) in [6.07, 6.45) is 4.85. The van der Waals surface area contributed by atoms with Crippen LogP contribution in [0.2, 0.25) is 0 Å². The molecule has 5 heteroatoms. The molecule has 0 radical (unpaired) electrons. The van der Waals surface area contributed by atoms with Crippen molar-refractivity contribution in [3.05, 3.63) is 18.6 Å². The maximum Gasteiger partial charge on any atom is 0.172 e. The molecule has 0 spiro atoms. The SMILES string of the molecule is CC(C)NC(=S)Nc1cnccn1. The van der Waals surface area contributed by atoms with Crippen molar-refractivity contribution in [1.82, 2.24) is 15.3 Å². The van der Waals surface area contributed by atoms with E-state index < -0.39 is 0 Å². The molecule has 0 aromatic carbocycles. The van der Waals surface area contributed by atoms with Crippen LogP contribution in [0.5, 0.6) is 0 Å². The van der Waals surface area contributed by atoms with Gasteiger partial charge < -0.3 is 10.6 Å². The van der Waals surface area contributed by atoms with E-state index in [0.29, 0.717) is 17.0 Å². The Kier molecular flexibility index (Phi) is 3.57. The molecule has 0 amide bonds. The summed E-state index contributed by atoms with van der Waals surface area (Å²) in [4.78, 5) is 7.93. The third kappa shape index (κ3) is 3.80. The predicted molar refractivity (Wildman–Crippen MR) is 56.5 cm³/mol. The van der Waals surface area contributed by atoms with Crippen molar-refractivity contribution in [3.63, 3.8) is 0 Å². The molecule has 0 bridgehead atoms. The van der Waals surface area contributed by atoms with E-state index in [0.717, 1.165) is 0 Å². The van der Waals surface area contributed by atoms with Crippen LogP contribution in [0, 0.1) is 0 Å². The summed E-state index contributed by atoms with van der Waals surface area (Å²) >= 11 is 5.02. The minimum atomic E-state index is 0.316. The highest BCUT2D eigenvalue weighted by Crippen LogP contribution is 1.96. The third-order valence-electron chi connectivity index (χ3n) is 1.22. The van der Waals surface area contributed by atoms with Crippen molar-refractivity contribution in [1.29, 1.82) is 0 Å². The van der Waals surface area contributed by atoms with Crippen molar-refractivity contribution in [2.75, 3.05) is 5.32 Å². The Morgan fingerprint density at radius 1 is 1.46 bits per heavy atom. The lowest BCUT2D eigenvalue weighted by molar-refractivity contribution is 0.739. The molecule has 1 aromatic heterocycles. The van der Waals surface area contributed by atoms with Gasteiger partial charge in [-0.05, 0) is 26.1 Å². The van der Waals surface area contributed by atoms with Crippen LogP contribution >= 0.6 is 12.2 Å². The van der Waals surface area contributed by atoms with Crippen LogP contribution in [-0.2, 0) is 0 Å². The van der Waals surface area contributed by atoms with Gasteiger partial charge >= 0.3 is 0 Å². The highest BCUT2D eigenvalue weighted by atomic mass is 32.1. The fourth-order valence-electron chi connectivity index (χ4n) is 0.778. The van der Waals surface area contributed by atoms with E-state index in [1.807, 2.05) is 13.8 Å². The second kappa shape index (κ2) is 4.71. The van der Waals surface area contributed by atoms with Gasteiger partial charge in [-0.15, -0.1) is 0 Å².